The van der Waals surface area contributed by atoms with Crippen LogP contribution in [0.5, 0.6) is 5.75 Å². The summed E-state index contributed by atoms with van der Waals surface area (Å²) in [5.41, 5.74) is 0.0134. The Bertz CT molecular complexity index is 1000. The summed E-state index contributed by atoms with van der Waals surface area (Å²) in [6, 6.07) is 14.3. The van der Waals surface area contributed by atoms with E-state index in [0.717, 1.165) is 15.7 Å². The molecule has 0 amide bonds. The Morgan fingerprint density at radius 2 is 1.78 bits per heavy atom. The van der Waals surface area contributed by atoms with Crippen molar-refractivity contribution in [3.63, 3.8) is 0 Å². The summed E-state index contributed by atoms with van der Waals surface area (Å²) in [6.45, 7) is 3.26. The molecule has 1 N–H and O–H groups in total. The second kappa shape index (κ2) is 7.40. The first kappa shape index (κ1) is 18.9. The Balaban J connectivity index is 1.76. The van der Waals surface area contributed by atoms with Crippen molar-refractivity contribution in [3.8, 4) is 11.4 Å². The van der Waals surface area contributed by atoms with Crippen LogP contribution in [0.25, 0.3) is 5.69 Å². The number of rotatable bonds is 6. The minimum Gasteiger partial charge on any atom is -0.478 e. The molecule has 3 rings (SSSR count). The molecule has 0 aliphatic carbocycles. The second-order valence-corrected chi connectivity index (χ2v) is 7.39. The molecule has 0 aliphatic rings. The number of aliphatic carboxylic acids is 1. The minimum atomic E-state index is -1.32. The van der Waals surface area contributed by atoms with Gasteiger partial charge >= 0.3 is 11.7 Å². The summed E-state index contributed by atoms with van der Waals surface area (Å²) >= 11 is 3.37. The number of carboxylic acids is 1. The standard InChI is InChI=1S/C19H18BrN3O4/c1-19(2,17(24)25)27-16-9-3-13(4-10-16)11-23-18(26)22(12-21-23)15-7-5-14(20)6-8-15/h3-10,12H,11H2,1-2H3,(H,24,25). The lowest BCUT2D eigenvalue weighted by Gasteiger charge is -2.21. The average molecular weight is 432 g/mol. The SMILES string of the molecule is CC(C)(Oc1ccc(Cn2ncn(-c3ccc(Br)cc3)c2=O)cc1)C(=O)O. The molecule has 27 heavy (non-hydrogen) atoms. The molecule has 1 aromatic heterocycles. The monoisotopic (exact) mass is 431 g/mol. The maximum Gasteiger partial charge on any atom is 0.350 e. The molecule has 0 bridgehead atoms. The summed E-state index contributed by atoms with van der Waals surface area (Å²) in [5.74, 6) is -0.601. The lowest BCUT2D eigenvalue weighted by atomic mass is 10.1. The van der Waals surface area contributed by atoms with E-state index in [2.05, 4.69) is 21.0 Å². The molecule has 0 saturated carbocycles. The molecule has 0 unspecified atom stereocenters. The van der Waals surface area contributed by atoms with Gasteiger partial charge in [-0.3, -0.25) is 0 Å². The smallest absolute Gasteiger partial charge is 0.350 e. The van der Waals surface area contributed by atoms with E-state index in [1.54, 1.807) is 24.3 Å². The maximum absolute atomic E-state index is 12.5. The zero-order chi connectivity index (χ0) is 19.6. The summed E-state index contributed by atoms with van der Waals surface area (Å²) < 4.78 is 9.23. The zero-order valence-electron chi connectivity index (χ0n) is 14.8. The Morgan fingerprint density at radius 3 is 2.37 bits per heavy atom. The number of carboxylic acid groups (broad SMARTS) is 1. The molecule has 0 saturated heterocycles. The third-order valence-corrected chi connectivity index (χ3v) is 4.51. The molecule has 0 radical (unpaired) electrons. The van der Waals surface area contributed by atoms with E-state index in [9.17, 15) is 9.59 Å². The highest BCUT2D eigenvalue weighted by Gasteiger charge is 2.29. The molecular formula is C19H18BrN3O4. The fourth-order valence-electron chi connectivity index (χ4n) is 2.40. The number of hydrogen-bond acceptors (Lipinski definition) is 4. The lowest BCUT2D eigenvalue weighted by Crippen LogP contribution is -2.37. The highest BCUT2D eigenvalue weighted by molar-refractivity contribution is 9.10. The largest absolute Gasteiger partial charge is 0.478 e. The predicted octanol–water partition coefficient (Wildman–Crippen LogP) is 3.09. The minimum absolute atomic E-state index is 0.246. The van der Waals surface area contributed by atoms with Gasteiger partial charge in [0.05, 0.1) is 12.2 Å². The van der Waals surface area contributed by atoms with Crippen LogP contribution >= 0.6 is 15.9 Å². The first-order valence-corrected chi connectivity index (χ1v) is 8.97. The normalized spacial score (nSPS) is 11.4. The Morgan fingerprint density at radius 1 is 1.15 bits per heavy atom. The fraction of sp³-hybridized carbons (Fsp3) is 0.211. The van der Waals surface area contributed by atoms with E-state index in [4.69, 9.17) is 9.84 Å². The van der Waals surface area contributed by atoms with Crippen molar-refractivity contribution in [1.29, 1.82) is 0 Å². The van der Waals surface area contributed by atoms with E-state index in [-0.39, 0.29) is 5.69 Å². The van der Waals surface area contributed by atoms with E-state index in [1.807, 2.05) is 24.3 Å². The predicted molar refractivity (Wildman–Crippen MR) is 103 cm³/mol. The first-order chi connectivity index (χ1) is 12.8. The van der Waals surface area contributed by atoms with Gasteiger partial charge in [0.15, 0.2) is 5.60 Å². The number of benzene rings is 2. The van der Waals surface area contributed by atoms with Crippen molar-refractivity contribution in [1.82, 2.24) is 14.3 Å². The van der Waals surface area contributed by atoms with Gasteiger partial charge in [0.1, 0.15) is 12.1 Å². The van der Waals surface area contributed by atoms with Gasteiger partial charge in [-0.15, -0.1) is 0 Å². The molecule has 7 nitrogen and oxygen atoms in total. The van der Waals surface area contributed by atoms with Crippen molar-refractivity contribution < 1.29 is 14.6 Å². The Hall–Kier alpha value is -2.87. The van der Waals surface area contributed by atoms with Gasteiger partial charge in [0.2, 0.25) is 0 Å². The Kier molecular flexibility index (Phi) is 5.18. The average Bonchev–Trinajstić information content (AvgIpc) is 2.98. The van der Waals surface area contributed by atoms with Gasteiger partial charge in [-0.2, -0.15) is 5.10 Å². The van der Waals surface area contributed by atoms with Crippen LogP contribution in [-0.4, -0.2) is 31.0 Å². The van der Waals surface area contributed by atoms with Crippen LogP contribution in [0.4, 0.5) is 0 Å². The molecule has 0 atom stereocenters. The van der Waals surface area contributed by atoms with E-state index in [1.165, 1.54) is 29.4 Å². The summed E-state index contributed by atoms with van der Waals surface area (Å²) in [5, 5.41) is 13.3. The lowest BCUT2D eigenvalue weighted by molar-refractivity contribution is -0.152. The molecule has 0 aliphatic heterocycles. The Labute approximate surface area is 164 Å². The highest BCUT2D eigenvalue weighted by atomic mass is 79.9. The number of aromatic nitrogens is 3. The first-order valence-electron chi connectivity index (χ1n) is 8.18. The van der Waals surface area contributed by atoms with Gasteiger partial charge in [-0.1, -0.05) is 28.1 Å². The molecule has 8 heteroatoms. The van der Waals surface area contributed by atoms with E-state index < -0.39 is 11.6 Å². The third kappa shape index (κ3) is 4.28. The summed E-state index contributed by atoms with van der Waals surface area (Å²) in [4.78, 5) is 23.7. The number of nitrogens with zero attached hydrogens (tertiary/aromatic N) is 3. The topological polar surface area (TPSA) is 86.4 Å². The quantitative estimate of drug-likeness (QED) is 0.647. The summed E-state index contributed by atoms with van der Waals surface area (Å²) in [6.07, 6.45) is 1.48. The van der Waals surface area contributed by atoms with Crippen LogP contribution in [-0.2, 0) is 11.3 Å². The van der Waals surface area contributed by atoms with Crippen molar-refractivity contribution in [2.75, 3.05) is 0 Å². The van der Waals surface area contributed by atoms with Gasteiger partial charge in [0, 0.05) is 4.47 Å². The second-order valence-electron chi connectivity index (χ2n) is 6.48. The van der Waals surface area contributed by atoms with Crippen molar-refractivity contribution in [3.05, 3.63) is 75.4 Å². The van der Waals surface area contributed by atoms with Gasteiger partial charge < -0.3 is 9.84 Å². The van der Waals surface area contributed by atoms with Crippen LogP contribution in [0.2, 0.25) is 0 Å². The third-order valence-electron chi connectivity index (χ3n) is 3.98. The van der Waals surface area contributed by atoms with Gasteiger partial charge in [0.25, 0.3) is 0 Å². The number of halogens is 1. The maximum atomic E-state index is 12.5. The fourth-order valence-corrected chi connectivity index (χ4v) is 2.66. The van der Waals surface area contributed by atoms with Crippen molar-refractivity contribution in [2.45, 2.75) is 26.0 Å². The van der Waals surface area contributed by atoms with E-state index in [0.29, 0.717) is 12.3 Å². The number of carbonyl (C=O) groups is 1. The molecule has 2 aromatic carbocycles. The zero-order valence-corrected chi connectivity index (χ0v) is 16.4. The van der Waals surface area contributed by atoms with Crippen LogP contribution in [0.1, 0.15) is 19.4 Å². The summed E-state index contributed by atoms with van der Waals surface area (Å²) in [7, 11) is 0. The molecule has 0 fully saturated rings. The van der Waals surface area contributed by atoms with Crippen LogP contribution in [0.15, 0.2) is 64.1 Å². The molecule has 3 aromatic rings. The van der Waals surface area contributed by atoms with Crippen LogP contribution in [0.3, 0.4) is 0 Å². The number of hydrogen-bond donors (Lipinski definition) is 1. The molecule has 1 heterocycles. The molecule has 0 spiro atoms. The van der Waals surface area contributed by atoms with Crippen molar-refractivity contribution >= 4 is 21.9 Å². The van der Waals surface area contributed by atoms with Crippen LogP contribution < -0.4 is 10.4 Å². The van der Waals surface area contributed by atoms with Crippen LogP contribution in [0, 0.1) is 0 Å². The van der Waals surface area contributed by atoms with Gasteiger partial charge in [-0.05, 0) is 55.8 Å². The van der Waals surface area contributed by atoms with Gasteiger partial charge in [-0.25, -0.2) is 18.8 Å². The highest BCUT2D eigenvalue weighted by Crippen LogP contribution is 2.19. The van der Waals surface area contributed by atoms with E-state index >= 15 is 0 Å². The number of ether oxygens (including phenoxy) is 1. The molecular weight excluding hydrogens is 414 g/mol. The van der Waals surface area contributed by atoms with Crippen molar-refractivity contribution in [2.24, 2.45) is 0 Å². The molecule has 140 valence electrons.